The third kappa shape index (κ3) is 4.76. The van der Waals surface area contributed by atoms with E-state index in [4.69, 9.17) is 10.9 Å². The number of hydrogen-bond donors (Lipinski definition) is 4. The highest BCUT2D eigenvalue weighted by molar-refractivity contribution is 7.89. The summed E-state index contributed by atoms with van der Waals surface area (Å²) in [6.07, 6.45) is 5.60. The van der Waals surface area contributed by atoms with Crippen LogP contribution >= 0.6 is 0 Å². The summed E-state index contributed by atoms with van der Waals surface area (Å²) in [5.74, 6) is 1.15. The van der Waals surface area contributed by atoms with Crippen LogP contribution in [0.25, 0.3) is 22.5 Å². The molecular formula is C24H31N7O2S. The van der Waals surface area contributed by atoms with E-state index in [0.29, 0.717) is 29.4 Å². The van der Waals surface area contributed by atoms with Crippen LogP contribution in [0.5, 0.6) is 0 Å². The standard InChI is InChI=1S/C24H31N7O2S/c25-20-8-1-15(2-9-20)13-18-7-10-21(17-5-3-16(4-6-17)19-11-12-27-14-19)22(23(18)34(26,32)33)24-28-30-31-29-24/h3-7,10,15,19-20,27H,1-2,8-9,11-14,25H2,(H2,26,32,33)(H,28,29,30,31)/t15-,19?,20+. The van der Waals surface area contributed by atoms with Gasteiger partial charge < -0.3 is 11.1 Å². The fourth-order valence-electron chi connectivity index (χ4n) is 5.43. The fraction of sp³-hybridized carbons (Fsp3) is 0.458. The Hall–Kier alpha value is -2.66. The topological polar surface area (TPSA) is 153 Å². The molecule has 1 aliphatic carbocycles. The predicted octanol–water partition coefficient (Wildman–Crippen LogP) is 2.32. The maximum Gasteiger partial charge on any atom is 0.239 e. The zero-order chi connectivity index (χ0) is 23.7. The zero-order valence-electron chi connectivity index (χ0n) is 19.1. The largest absolute Gasteiger partial charge is 0.328 e. The predicted molar refractivity (Wildman–Crippen MR) is 130 cm³/mol. The van der Waals surface area contributed by atoms with Crippen molar-refractivity contribution in [3.63, 3.8) is 0 Å². The van der Waals surface area contributed by atoms with Crippen LogP contribution in [0, 0.1) is 5.92 Å². The first-order chi connectivity index (χ1) is 16.4. The smallest absolute Gasteiger partial charge is 0.239 e. The van der Waals surface area contributed by atoms with Crippen LogP contribution < -0.4 is 16.2 Å². The van der Waals surface area contributed by atoms with Crippen LogP contribution in [0.2, 0.25) is 0 Å². The molecule has 2 aliphatic rings. The van der Waals surface area contributed by atoms with Gasteiger partial charge in [0, 0.05) is 18.2 Å². The van der Waals surface area contributed by atoms with Gasteiger partial charge in [0.15, 0.2) is 5.82 Å². The van der Waals surface area contributed by atoms with E-state index in [1.165, 1.54) is 5.56 Å². The highest BCUT2D eigenvalue weighted by Crippen LogP contribution is 2.39. The number of nitrogens with two attached hydrogens (primary N) is 2. The van der Waals surface area contributed by atoms with Crippen LogP contribution in [0.4, 0.5) is 0 Å². The molecule has 1 unspecified atom stereocenters. The summed E-state index contributed by atoms with van der Waals surface area (Å²) in [7, 11) is -4.05. The van der Waals surface area contributed by atoms with Crippen molar-refractivity contribution in [1.82, 2.24) is 25.9 Å². The van der Waals surface area contributed by atoms with Gasteiger partial charge in [0.05, 0.1) is 4.90 Å². The molecule has 34 heavy (non-hydrogen) atoms. The third-order valence-electron chi connectivity index (χ3n) is 7.26. The number of hydrogen-bond acceptors (Lipinski definition) is 7. The molecule has 0 spiro atoms. The first kappa shape index (κ1) is 23.1. The molecule has 0 radical (unpaired) electrons. The molecule has 3 aromatic rings. The minimum Gasteiger partial charge on any atom is -0.328 e. The lowest BCUT2D eigenvalue weighted by atomic mass is 9.82. The maximum absolute atomic E-state index is 12.9. The van der Waals surface area contributed by atoms with Crippen molar-refractivity contribution in [2.24, 2.45) is 16.8 Å². The monoisotopic (exact) mass is 481 g/mol. The minimum absolute atomic E-state index is 0.0995. The van der Waals surface area contributed by atoms with Gasteiger partial charge in [0.25, 0.3) is 0 Å². The summed E-state index contributed by atoms with van der Waals surface area (Å²) in [5, 5.41) is 23.4. The highest BCUT2D eigenvalue weighted by Gasteiger charge is 2.28. The molecule has 1 atom stereocenters. The molecule has 1 aromatic heterocycles. The van der Waals surface area contributed by atoms with E-state index in [0.717, 1.165) is 56.3 Å². The lowest BCUT2D eigenvalue weighted by Gasteiger charge is -2.27. The first-order valence-corrected chi connectivity index (χ1v) is 13.4. The molecule has 1 aliphatic heterocycles. The Morgan fingerprint density at radius 2 is 1.76 bits per heavy atom. The third-order valence-corrected chi connectivity index (χ3v) is 8.29. The number of nitrogens with one attached hydrogen (secondary N) is 2. The minimum atomic E-state index is -4.05. The normalized spacial score (nSPS) is 23.3. The van der Waals surface area contributed by atoms with Crippen LogP contribution in [0.1, 0.15) is 49.1 Å². The zero-order valence-corrected chi connectivity index (χ0v) is 19.9. The average Bonchev–Trinajstić information content (AvgIpc) is 3.54. The molecule has 180 valence electrons. The number of rotatable bonds is 6. The second kappa shape index (κ2) is 9.53. The summed E-state index contributed by atoms with van der Waals surface area (Å²) in [5.41, 5.74) is 10.1. The van der Waals surface area contributed by atoms with Gasteiger partial charge in [-0.25, -0.2) is 18.7 Å². The van der Waals surface area contributed by atoms with E-state index in [-0.39, 0.29) is 16.8 Å². The number of sulfonamides is 1. The summed E-state index contributed by atoms with van der Waals surface area (Å²) in [6.45, 7) is 2.01. The number of tetrazole rings is 1. The number of nitrogens with zero attached hydrogens (tertiary/aromatic N) is 3. The summed E-state index contributed by atoms with van der Waals surface area (Å²) in [6, 6.07) is 12.4. The van der Waals surface area contributed by atoms with Gasteiger partial charge in [0.1, 0.15) is 0 Å². The number of aromatic amines is 1. The molecular weight excluding hydrogens is 450 g/mol. The Balaban J connectivity index is 1.59. The molecule has 5 rings (SSSR count). The van der Waals surface area contributed by atoms with E-state index >= 15 is 0 Å². The van der Waals surface area contributed by atoms with Crippen molar-refractivity contribution in [2.45, 2.75) is 55.4 Å². The Kier molecular flexibility index (Phi) is 6.48. The van der Waals surface area contributed by atoms with Gasteiger partial charge in [-0.05, 0) is 89.6 Å². The molecule has 10 heteroatoms. The summed E-state index contributed by atoms with van der Waals surface area (Å²) < 4.78 is 25.9. The van der Waals surface area contributed by atoms with Gasteiger partial charge in [-0.2, -0.15) is 0 Å². The fourth-order valence-corrected chi connectivity index (χ4v) is 6.44. The number of aromatic nitrogens is 4. The average molecular weight is 482 g/mol. The molecule has 2 heterocycles. The van der Waals surface area contributed by atoms with Gasteiger partial charge in [0.2, 0.25) is 10.0 Å². The van der Waals surface area contributed by atoms with Gasteiger partial charge in [-0.3, -0.25) is 0 Å². The molecule has 2 fully saturated rings. The Labute approximate surface area is 199 Å². The Morgan fingerprint density at radius 1 is 1.00 bits per heavy atom. The molecule has 6 N–H and O–H groups in total. The van der Waals surface area contributed by atoms with Crippen molar-refractivity contribution in [1.29, 1.82) is 0 Å². The Morgan fingerprint density at radius 3 is 2.38 bits per heavy atom. The van der Waals surface area contributed by atoms with E-state index in [1.807, 2.05) is 24.3 Å². The number of benzene rings is 2. The van der Waals surface area contributed by atoms with Crippen molar-refractivity contribution in [2.75, 3.05) is 13.1 Å². The number of primary sulfonamides is 1. The molecule has 1 saturated carbocycles. The van der Waals surface area contributed by atoms with Crippen LogP contribution in [-0.4, -0.2) is 48.2 Å². The van der Waals surface area contributed by atoms with Crippen LogP contribution in [0.15, 0.2) is 41.3 Å². The lowest BCUT2D eigenvalue weighted by molar-refractivity contribution is 0.323. The lowest BCUT2D eigenvalue weighted by Crippen LogP contribution is -2.27. The quantitative estimate of drug-likeness (QED) is 0.421. The van der Waals surface area contributed by atoms with Crippen molar-refractivity contribution in [3.8, 4) is 22.5 Å². The van der Waals surface area contributed by atoms with E-state index < -0.39 is 10.0 Å². The number of H-pyrrole nitrogens is 1. The molecule has 0 bridgehead atoms. The van der Waals surface area contributed by atoms with E-state index in [2.05, 4.69) is 38.1 Å². The molecule has 9 nitrogen and oxygen atoms in total. The Bertz CT molecular complexity index is 1230. The second-order valence-electron chi connectivity index (χ2n) is 9.57. The van der Waals surface area contributed by atoms with Crippen LogP contribution in [0.3, 0.4) is 0 Å². The molecule has 1 saturated heterocycles. The highest BCUT2D eigenvalue weighted by atomic mass is 32.2. The first-order valence-electron chi connectivity index (χ1n) is 11.9. The molecule has 2 aromatic carbocycles. The van der Waals surface area contributed by atoms with Gasteiger partial charge in [-0.15, -0.1) is 5.10 Å². The van der Waals surface area contributed by atoms with E-state index in [9.17, 15) is 8.42 Å². The van der Waals surface area contributed by atoms with Gasteiger partial charge in [-0.1, -0.05) is 36.4 Å². The molecule has 0 amide bonds. The summed E-state index contributed by atoms with van der Waals surface area (Å²) >= 11 is 0. The van der Waals surface area contributed by atoms with Crippen molar-refractivity contribution in [3.05, 3.63) is 47.5 Å². The van der Waals surface area contributed by atoms with Crippen LogP contribution in [-0.2, 0) is 16.4 Å². The van der Waals surface area contributed by atoms with E-state index in [1.54, 1.807) is 0 Å². The second-order valence-corrected chi connectivity index (χ2v) is 11.1. The summed E-state index contributed by atoms with van der Waals surface area (Å²) in [4.78, 5) is 0.0995. The van der Waals surface area contributed by atoms with Crippen molar-refractivity contribution < 1.29 is 8.42 Å². The maximum atomic E-state index is 12.9. The van der Waals surface area contributed by atoms with Crippen molar-refractivity contribution >= 4 is 10.0 Å². The SMILES string of the molecule is NS(=O)(=O)c1c(C[C@H]2CC[C@@H](N)CC2)ccc(-c2ccc(C3CCNC3)cc2)c1-c1nnn[nH]1. The van der Waals surface area contributed by atoms with Gasteiger partial charge >= 0.3 is 0 Å².